The van der Waals surface area contributed by atoms with Crippen molar-refractivity contribution in [2.24, 2.45) is 0 Å². The lowest BCUT2D eigenvalue weighted by Crippen LogP contribution is -2.62. The molecule has 0 N–H and O–H groups in total. The van der Waals surface area contributed by atoms with E-state index in [2.05, 4.69) is 0 Å². The summed E-state index contributed by atoms with van der Waals surface area (Å²) in [6.07, 6.45) is 0. The molecule has 0 aromatic rings. The Labute approximate surface area is 357 Å². The number of hydrogen-bond acceptors (Lipinski definition) is 10. The van der Waals surface area contributed by atoms with E-state index in [0.717, 1.165) is 48.1 Å². The lowest BCUT2D eigenvalue weighted by molar-refractivity contribution is -0.144. The second kappa shape index (κ2) is 21.2. The van der Waals surface area contributed by atoms with Crippen LogP contribution in [0.3, 0.4) is 0 Å². The molecule has 20 nitrogen and oxygen atoms in total. The highest BCUT2D eigenvalue weighted by Crippen LogP contribution is 2.11. The lowest BCUT2D eigenvalue weighted by atomic mass is 9.80. The Morgan fingerprint density at radius 1 is 0.259 bits per heavy atom. The van der Waals surface area contributed by atoms with E-state index in [9.17, 15) is 47.9 Å². The fourth-order valence-electron chi connectivity index (χ4n) is 6.06. The predicted octanol–water partition coefficient (Wildman–Crippen LogP) is -24.6. The van der Waals surface area contributed by atoms with Gasteiger partial charge in [0.2, 0.25) is 139 Å². The first-order valence-corrected chi connectivity index (χ1v) is 19.1. The third-order valence-electron chi connectivity index (χ3n) is 11.9. The zero-order chi connectivity index (χ0) is 45.6. The molecule has 0 bridgehead atoms. The summed E-state index contributed by atoms with van der Waals surface area (Å²) in [5.41, 5.74) is 0. The molecule has 0 saturated carbocycles. The van der Waals surface area contributed by atoms with Crippen molar-refractivity contribution in [3.63, 3.8) is 0 Å². The largest absolute Gasteiger partial charge is 0.389 e. The van der Waals surface area contributed by atoms with Gasteiger partial charge in [0.25, 0.3) is 0 Å². The van der Waals surface area contributed by atoms with Crippen molar-refractivity contribution >= 4 is 202 Å². The van der Waals surface area contributed by atoms with Crippen LogP contribution in [0.15, 0.2) is 0 Å². The van der Waals surface area contributed by atoms with Gasteiger partial charge >= 0.3 is 0 Å². The zero-order valence-corrected chi connectivity index (χ0v) is 37.6. The van der Waals surface area contributed by atoms with Gasteiger partial charge in [0.15, 0.2) is 0 Å². The average Bonchev–Trinajstić information content (AvgIpc) is 3.21. The Morgan fingerprint density at radius 2 is 0.431 bits per heavy atom. The van der Waals surface area contributed by atoms with Crippen LogP contribution in [-0.2, 0) is 47.9 Å². The summed E-state index contributed by atoms with van der Waals surface area (Å²) in [6.45, 7) is -0.882. The number of amides is 10. The van der Waals surface area contributed by atoms with Crippen molar-refractivity contribution in [1.82, 2.24) is 48.1 Å². The molecule has 58 heavy (non-hydrogen) atoms. The molecule has 0 aliphatic carbocycles. The van der Waals surface area contributed by atoms with E-state index in [1.807, 2.05) is 0 Å². The van der Waals surface area contributed by atoms with Gasteiger partial charge in [-0.2, -0.15) is 0 Å². The van der Waals surface area contributed by atoms with Crippen LogP contribution in [0.2, 0.25) is 0 Å². The maximum absolute atomic E-state index is 13.6. The van der Waals surface area contributed by atoms with Crippen molar-refractivity contribution in [2.45, 2.75) is 47.5 Å². The molecule has 1 rings (SSSR count). The molecule has 0 aromatic carbocycles. The number of carbonyl (C=O) groups is 10. The molecule has 1 aliphatic rings. The highest BCUT2D eigenvalue weighted by Gasteiger charge is 2.38. The van der Waals surface area contributed by atoms with Gasteiger partial charge in [-0.25, -0.2) is 0 Å². The van der Waals surface area contributed by atoms with Gasteiger partial charge in [0.1, 0.15) is 62.8 Å². The molecule has 292 valence electrons. The monoisotopic (exact) mass is 787 g/mol. The average molecular weight is 783 g/mol. The first kappa shape index (κ1) is 51.9. The molecule has 10 amide bonds. The third-order valence-corrected chi connectivity index (χ3v) is 11.9. The summed E-state index contributed by atoms with van der Waals surface area (Å²) >= 11 is 0. The molecular weight excluding hydrogens is 735 g/mol. The minimum Gasteiger partial charge on any atom is -0.389 e. The number of rotatable bonds is 0. The van der Waals surface area contributed by atoms with Crippen LogP contribution in [0.4, 0.5) is 0 Å². The molecule has 1 fully saturated rings. The van der Waals surface area contributed by atoms with Crippen molar-refractivity contribution in [3.05, 3.63) is 0 Å². The van der Waals surface area contributed by atoms with E-state index in [0.29, 0.717) is 0 Å². The lowest BCUT2D eigenvalue weighted by Gasteiger charge is -2.39. The quantitative estimate of drug-likeness (QED) is 0.213. The van der Waals surface area contributed by atoms with Gasteiger partial charge in [0.05, 0.1) is 60.6 Å². The van der Waals surface area contributed by atoms with Gasteiger partial charge in [-0.15, -0.1) is 0 Å². The summed E-state index contributed by atoms with van der Waals surface area (Å²) in [4.78, 5) is 146. The maximum Gasteiger partial charge on any atom is 0.228 e. The second-order valence-corrected chi connectivity index (χ2v) is 15.5. The number of hydrogen-bond donors (Lipinski definition) is 0. The van der Waals surface area contributed by atoms with Crippen LogP contribution in [0, 0.1) is 0 Å². The van der Waals surface area contributed by atoms with E-state index in [4.69, 9.17) is 0 Å². The molecule has 1 aliphatic heterocycles. The molecule has 0 spiro atoms. The first-order valence-electron chi connectivity index (χ1n) is 19.1. The van der Waals surface area contributed by atoms with E-state index in [-0.39, 0.29) is 0 Å². The van der Waals surface area contributed by atoms with Crippen LogP contribution in [0.5, 0.6) is 0 Å². The topological polar surface area (TPSA) is 203 Å². The molecule has 38 heteroatoms. The molecule has 0 radical (unpaired) electrons. The molecular formula is C20H48B18N10O10. The maximum atomic E-state index is 13.6. The van der Waals surface area contributed by atoms with Crippen molar-refractivity contribution < 1.29 is 47.9 Å². The van der Waals surface area contributed by atoms with Crippen LogP contribution in [0.25, 0.3) is 0 Å². The summed E-state index contributed by atoms with van der Waals surface area (Å²) in [5, 5.41) is 0. The summed E-state index contributed by atoms with van der Waals surface area (Å²) in [5.74, 6) is -14.6. The van der Waals surface area contributed by atoms with Crippen LogP contribution in [-0.4, -0.2) is 310 Å². The Morgan fingerprint density at radius 3 is 0.655 bits per heavy atom. The smallest absolute Gasteiger partial charge is 0.228 e. The van der Waals surface area contributed by atoms with E-state index < -0.39 is 120 Å². The van der Waals surface area contributed by atoms with E-state index in [1.165, 1.54) is 143 Å². The summed E-state index contributed by atoms with van der Waals surface area (Å²) < 4.78 is 0. The van der Waals surface area contributed by atoms with Gasteiger partial charge in [-0.05, 0) is 0 Å². The summed E-state index contributed by atoms with van der Waals surface area (Å²) in [6, 6.07) is 0. The Hall–Kier alpha value is -4.13. The Kier molecular flexibility index (Phi) is 19.0. The standard InChI is InChI=1S/C20H48B18N10O10/c21-5-13(51)40(30)1-3(49)39(29)2-4(50)41(31)6(22)14(52)43(33)8(24)16(54)45(35)10(26)18(56)47(37)12(28)20(58)48(38)11(27)19(57)46(36)9(25)17(55)44(34)7(23)15(53)42(5)32/h5-12H,1-2,21-38H2. The fraction of sp³-hybridized carbons (Fsp3) is 0.500. The zero-order valence-electron chi connectivity index (χ0n) is 37.6. The molecule has 8 atom stereocenters. The second-order valence-electron chi connectivity index (χ2n) is 15.5. The van der Waals surface area contributed by atoms with Gasteiger partial charge in [0, 0.05) is 0 Å². The Bertz CT molecular complexity index is 1660. The van der Waals surface area contributed by atoms with Crippen LogP contribution >= 0.6 is 0 Å². The summed E-state index contributed by atoms with van der Waals surface area (Å²) in [7, 11) is 25.6. The van der Waals surface area contributed by atoms with E-state index in [1.54, 1.807) is 0 Å². The van der Waals surface area contributed by atoms with Gasteiger partial charge in [-0.1, -0.05) is 0 Å². The first-order chi connectivity index (χ1) is 26.5. The molecule has 0 aromatic heterocycles. The highest BCUT2D eigenvalue weighted by molar-refractivity contribution is 6.44. The van der Waals surface area contributed by atoms with Gasteiger partial charge in [-0.3, -0.25) is 47.9 Å². The predicted molar refractivity (Wildman–Crippen MR) is 262 cm³/mol. The minimum absolute atomic E-state index is 0.441. The molecule has 8 unspecified atom stereocenters. The third kappa shape index (κ3) is 11.5. The van der Waals surface area contributed by atoms with Crippen LogP contribution in [0.1, 0.15) is 0 Å². The normalized spacial score (nSPS) is 29.1. The van der Waals surface area contributed by atoms with Gasteiger partial charge < -0.3 is 48.1 Å². The van der Waals surface area contributed by atoms with E-state index >= 15 is 0 Å². The highest BCUT2D eigenvalue weighted by atomic mass is 16.2. The SMILES string of the molecule is BC1C(=O)N(B)C(B)C(=O)N(B)C(B)C(=O)N(B)C(B)C(=O)N(B)C(B)C(=O)N(B)C(B)C(=O)N(B)C(B)C(=O)N(B)C(B)C(=O)N(B)CC(=O)N(B)CC(=O)N1B. The van der Waals surface area contributed by atoms with Crippen molar-refractivity contribution in [2.75, 3.05) is 13.1 Å². The minimum atomic E-state index is -1.09. The van der Waals surface area contributed by atoms with Crippen molar-refractivity contribution in [1.29, 1.82) is 0 Å². The number of nitrogens with zero attached hydrogens (tertiary/aromatic N) is 10. The van der Waals surface area contributed by atoms with Crippen LogP contribution < -0.4 is 0 Å². The molecule has 1 saturated heterocycles. The number of carbonyl (C=O) groups excluding carboxylic acids is 10. The molecule has 1 heterocycles. The Balaban J connectivity index is 3.59. The van der Waals surface area contributed by atoms with Crippen molar-refractivity contribution in [3.8, 4) is 0 Å². The fourth-order valence-corrected chi connectivity index (χ4v) is 6.06.